The van der Waals surface area contributed by atoms with Crippen molar-refractivity contribution >= 4 is 11.5 Å². The van der Waals surface area contributed by atoms with E-state index < -0.39 is 6.61 Å². The van der Waals surface area contributed by atoms with Crippen molar-refractivity contribution in [1.82, 2.24) is 0 Å². The van der Waals surface area contributed by atoms with Crippen LogP contribution < -0.4 is 10.5 Å². The quantitative estimate of drug-likeness (QED) is 0.911. The number of alkyl halides is 2. The topological polar surface area (TPSA) is 60.0 Å². The molecule has 1 aliphatic rings. The third-order valence-electron chi connectivity index (χ3n) is 3.00. The lowest BCUT2D eigenvalue weighted by molar-refractivity contribution is -0.0498. The molecule has 1 aromatic carbocycles. The molecule has 2 rings (SSSR count). The maximum Gasteiger partial charge on any atom is 0.387 e. The Labute approximate surface area is 110 Å². The van der Waals surface area contributed by atoms with Gasteiger partial charge in [-0.2, -0.15) is 13.9 Å². The van der Waals surface area contributed by atoms with Crippen LogP contribution in [-0.2, 0) is 0 Å². The zero-order valence-corrected chi connectivity index (χ0v) is 10.5. The van der Waals surface area contributed by atoms with Gasteiger partial charge in [-0.05, 0) is 36.2 Å². The van der Waals surface area contributed by atoms with E-state index in [1.807, 2.05) is 6.92 Å². The van der Waals surface area contributed by atoms with Crippen LogP contribution in [0.5, 0.6) is 5.75 Å². The Morgan fingerprint density at radius 2 is 2.00 bits per heavy atom. The van der Waals surface area contributed by atoms with Gasteiger partial charge in [-0.25, -0.2) is 0 Å². The van der Waals surface area contributed by atoms with Crippen molar-refractivity contribution in [3.05, 3.63) is 29.8 Å². The van der Waals surface area contributed by atoms with E-state index in [0.717, 1.165) is 17.7 Å². The molecule has 0 fully saturated rings. The molecular weight excluding hydrogens is 252 g/mol. The molecule has 0 amide bonds. The van der Waals surface area contributed by atoms with E-state index in [9.17, 15) is 8.78 Å². The van der Waals surface area contributed by atoms with Crippen molar-refractivity contribution in [2.24, 2.45) is 21.9 Å². The largest absolute Gasteiger partial charge is 0.435 e. The number of amidine groups is 1. The molecule has 4 nitrogen and oxygen atoms in total. The number of rotatable bonds is 4. The lowest BCUT2D eigenvalue weighted by Gasteiger charge is -2.20. The molecule has 1 aliphatic heterocycles. The monoisotopic (exact) mass is 267 g/mol. The minimum atomic E-state index is -2.81. The Morgan fingerprint density at radius 1 is 1.32 bits per heavy atom. The lowest BCUT2D eigenvalue weighted by Crippen LogP contribution is -2.26. The summed E-state index contributed by atoms with van der Waals surface area (Å²) in [6.45, 7) is -0.766. The number of ether oxygens (including phenoxy) is 1. The van der Waals surface area contributed by atoms with Gasteiger partial charge >= 0.3 is 6.61 Å². The molecule has 1 atom stereocenters. The van der Waals surface area contributed by atoms with Crippen LogP contribution in [0.25, 0.3) is 0 Å². The highest BCUT2D eigenvalue weighted by Crippen LogP contribution is 2.23. The molecule has 6 heteroatoms. The van der Waals surface area contributed by atoms with E-state index in [1.165, 1.54) is 12.1 Å². The first-order valence-electron chi connectivity index (χ1n) is 6.05. The third kappa shape index (κ3) is 3.27. The summed E-state index contributed by atoms with van der Waals surface area (Å²) in [4.78, 5) is 0. The van der Waals surface area contributed by atoms with Crippen LogP contribution in [0.1, 0.15) is 25.3 Å². The van der Waals surface area contributed by atoms with Gasteiger partial charge in [-0.15, -0.1) is 5.10 Å². The highest BCUT2D eigenvalue weighted by molar-refractivity contribution is 6.05. The second-order valence-corrected chi connectivity index (χ2v) is 4.29. The van der Waals surface area contributed by atoms with Crippen LogP contribution in [0, 0.1) is 5.92 Å². The number of halogens is 2. The van der Waals surface area contributed by atoms with Gasteiger partial charge in [0, 0.05) is 12.3 Å². The molecule has 1 aromatic rings. The number of hydrogen-bond acceptors (Lipinski definition) is 4. The summed E-state index contributed by atoms with van der Waals surface area (Å²) in [5, 5.41) is 8.00. The van der Waals surface area contributed by atoms with E-state index >= 15 is 0 Å². The Bertz CT molecular complexity index is 497. The number of hydrogen-bond donors (Lipinski definition) is 1. The van der Waals surface area contributed by atoms with Crippen LogP contribution >= 0.6 is 0 Å². The van der Waals surface area contributed by atoms with Crippen molar-refractivity contribution in [2.45, 2.75) is 26.4 Å². The first kappa shape index (κ1) is 13.5. The summed E-state index contributed by atoms with van der Waals surface area (Å²) >= 11 is 0. The van der Waals surface area contributed by atoms with E-state index in [2.05, 4.69) is 14.9 Å². The molecule has 2 N–H and O–H groups in total. The molecule has 0 aromatic heterocycles. The first-order valence-corrected chi connectivity index (χ1v) is 6.05. The lowest BCUT2D eigenvalue weighted by atomic mass is 9.90. The van der Waals surface area contributed by atoms with Crippen molar-refractivity contribution in [2.75, 3.05) is 0 Å². The SMILES string of the molecule is CCC1CC(N)=NN=C1c1ccc(OC(F)F)cc1. The summed E-state index contributed by atoms with van der Waals surface area (Å²) in [6, 6.07) is 6.41. The van der Waals surface area contributed by atoms with E-state index in [-0.39, 0.29) is 11.7 Å². The fourth-order valence-electron chi connectivity index (χ4n) is 2.03. The Balaban J connectivity index is 2.21. The van der Waals surface area contributed by atoms with Gasteiger partial charge in [0.2, 0.25) is 0 Å². The van der Waals surface area contributed by atoms with Gasteiger partial charge in [0.05, 0.1) is 5.71 Å². The standard InChI is InChI=1S/C13H15F2N3O/c1-2-8-7-11(16)17-18-12(8)9-3-5-10(6-4-9)19-13(14)15/h3-6,8,13H,2,7H2,1H3,(H2,16,17). The maximum absolute atomic E-state index is 12.1. The molecule has 19 heavy (non-hydrogen) atoms. The van der Waals surface area contributed by atoms with Crippen LogP contribution in [0.4, 0.5) is 8.78 Å². The van der Waals surface area contributed by atoms with Crippen LogP contribution in [0.2, 0.25) is 0 Å². The van der Waals surface area contributed by atoms with Gasteiger partial charge in [-0.1, -0.05) is 6.92 Å². The number of nitrogens with zero attached hydrogens (tertiary/aromatic N) is 2. The highest BCUT2D eigenvalue weighted by atomic mass is 19.3. The zero-order valence-electron chi connectivity index (χ0n) is 10.5. The van der Waals surface area contributed by atoms with Gasteiger partial charge in [0.1, 0.15) is 11.6 Å². The highest BCUT2D eigenvalue weighted by Gasteiger charge is 2.21. The summed E-state index contributed by atoms with van der Waals surface area (Å²) in [5.74, 6) is 0.860. The summed E-state index contributed by atoms with van der Waals surface area (Å²) < 4.78 is 28.4. The molecule has 0 saturated carbocycles. The van der Waals surface area contributed by atoms with E-state index in [0.29, 0.717) is 12.3 Å². The van der Waals surface area contributed by atoms with Gasteiger partial charge < -0.3 is 10.5 Å². The summed E-state index contributed by atoms with van der Waals surface area (Å²) in [5.41, 5.74) is 7.34. The molecule has 1 heterocycles. The Hall–Kier alpha value is -1.98. The minimum Gasteiger partial charge on any atom is -0.435 e. The van der Waals surface area contributed by atoms with Crippen molar-refractivity contribution in [3.8, 4) is 5.75 Å². The summed E-state index contributed by atoms with van der Waals surface area (Å²) in [6.07, 6.45) is 1.56. The fourth-order valence-corrected chi connectivity index (χ4v) is 2.03. The molecule has 1 unspecified atom stereocenters. The number of benzene rings is 1. The molecule has 0 spiro atoms. The maximum atomic E-state index is 12.1. The van der Waals surface area contributed by atoms with Gasteiger partial charge in [0.15, 0.2) is 0 Å². The smallest absolute Gasteiger partial charge is 0.387 e. The average molecular weight is 267 g/mol. The van der Waals surface area contributed by atoms with Crippen LogP contribution in [0.3, 0.4) is 0 Å². The van der Waals surface area contributed by atoms with Crippen molar-refractivity contribution < 1.29 is 13.5 Å². The Morgan fingerprint density at radius 3 is 2.58 bits per heavy atom. The summed E-state index contributed by atoms with van der Waals surface area (Å²) in [7, 11) is 0. The normalized spacial score (nSPS) is 19.1. The van der Waals surface area contributed by atoms with Gasteiger partial charge in [-0.3, -0.25) is 0 Å². The van der Waals surface area contributed by atoms with Gasteiger partial charge in [0.25, 0.3) is 0 Å². The van der Waals surface area contributed by atoms with E-state index in [4.69, 9.17) is 5.73 Å². The van der Waals surface area contributed by atoms with Crippen LogP contribution in [0.15, 0.2) is 34.5 Å². The fraction of sp³-hybridized carbons (Fsp3) is 0.385. The molecule has 102 valence electrons. The molecule has 0 saturated heterocycles. The Kier molecular flexibility index (Phi) is 4.09. The molecular formula is C13H15F2N3O. The van der Waals surface area contributed by atoms with E-state index in [1.54, 1.807) is 12.1 Å². The predicted molar refractivity (Wildman–Crippen MR) is 69.6 cm³/mol. The van der Waals surface area contributed by atoms with Crippen molar-refractivity contribution in [1.29, 1.82) is 0 Å². The molecule has 0 radical (unpaired) electrons. The third-order valence-corrected chi connectivity index (χ3v) is 3.00. The van der Waals surface area contributed by atoms with Crippen LogP contribution in [-0.4, -0.2) is 18.2 Å². The van der Waals surface area contributed by atoms with Crippen molar-refractivity contribution in [3.63, 3.8) is 0 Å². The first-order chi connectivity index (χ1) is 9.10. The second-order valence-electron chi connectivity index (χ2n) is 4.29. The minimum absolute atomic E-state index is 0.131. The predicted octanol–water partition coefficient (Wildman–Crippen LogP) is 2.78. The molecule has 0 bridgehead atoms. The zero-order chi connectivity index (χ0) is 13.8. The molecule has 0 aliphatic carbocycles. The second kappa shape index (κ2) is 5.77. The average Bonchev–Trinajstić information content (AvgIpc) is 2.39. The number of nitrogens with two attached hydrogens (primary N) is 1.